The Morgan fingerprint density at radius 3 is 3.10 bits per heavy atom. The molecular formula is C8H15N2+. The molecule has 2 nitrogen and oxygen atoms in total. The van der Waals surface area contributed by atoms with E-state index in [-0.39, 0.29) is 0 Å². The van der Waals surface area contributed by atoms with E-state index in [1.54, 1.807) is 0 Å². The molecule has 0 fully saturated rings. The van der Waals surface area contributed by atoms with Crippen molar-refractivity contribution in [3.8, 4) is 0 Å². The molecule has 0 aromatic heterocycles. The SMILES string of the molecule is C=CN1C=[N+](CCC)CC1. The van der Waals surface area contributed by atoms with Crippen LogP contribution in [0.4, 0.5) is 0 Å². The molecule has 0 aliphatic carbocycles. The Labute approximate surface area is 62.5 Å². The summed E-state index contributed by atoms with van der Waals surface area (Å²) in [7, 11) is 0. The first kappa shape index (κ1) is 7.32. The molecule has 0 bridgehead atoms. The predicted octanol–water partition coefficient (Wildman–Crippen LogP) is 0.896. The smallest absolute Gasteiger partial charge is 0.239 e. The second-order valence-corrected chi connectivity index (χ2v) is 2.57. The second-order valence-electron chi connectivity index (χ2n) is 2.57. The van der Waals surface area contributed by atoms with Gasteiger partial charge in [0, 0.05) is 0 Å². The predicted molar refractivity (Wildman–Crippen MR) is 43.3 cm³/mol. The van der Waals surface area contributed by atoms with Gasteiger partial charge in [0.2, 0.25) is 6.34 Å². The lowest BCUT2D eigenvalue weighted by Gasteiger charge is -1.93. The van der Waals surface area contributed by atoms with Gasteiger partial charge in [-0.05, 0) is 6.42 Å². The van der Waals surface area contributed by atoms with Crippen LogP contribution in [-0.2, 0) is 0 Å². The third-order valence-corrected chi connectivity index (χ3v) is 1.70. The van der Waals surface area contributed by atoms with Crippen LogP contribution < -0.4 is 0 Å². The molecule has 0 radical (unpaired) electrons. The van der Waals surface area contributed by atoms with Gasteiger partial charge in [-0.1, -0.05) is 13.5 Å². The molecule has 10 heavy (non-hydrogen) atoms. The first-order chi connectivity index (χ1) is 4.86. The van der Waals surface area contributed by atoms with Crippen LogP contribution >= 0.6 is 0 Å². The van der Waals surface area contributed by atoms with Gasteiger partial charge >= 0.3 is 0 Å². The quantitative estimate of drug-likeness (QED) is 0.526. The van der Waals surface area contributed by atoms with Gasteiger partial charge in [-0.3, -0.25) is 4.58 Å². The molecule has 0 aromatic rings. The number of hydrogen-bond acceptors (Lipinski definition) is 1. The van der Waals surface area contributed by atoms with E-state index >= 15 is 0 Å². The van der Waals surface area contributed by atoms with Crippen molar-refractivity contribution in [2.45, 2.75) is 13.3 Å². The lowest BCUT2D eigenvalue weighted by molar-refractivity contribution is -0.513. The Kier molecular flexibility index (Phi) is 2.49. The molecule has 1 aliphatic heterocycles. The molecule has 0 saturated heterocycles. The molecule has 0 N–H and O–H groups in total. The first-order valence-corrected chi connectivity index (χ1v) is 3.84. The number of rotatable bonds is 3. The average Bonchev–Trinajstić information content (AvgIpc) is 2.37. The van der Waals surface area contributed by atoms with Crippen molar-refractivity contribution in [3.05, 3.63) is 12.8 Å². The van der Waals surface area contributed by atoms with E-state index in [1.165, 1.54) is 13.0 Å². The summed E-state index contributed by atoms with van der Waals surface area (Å²) in [5, 5.41) is 0. The fourth-order valence-electron chi connectivity index (χ4n) is 1.16. The molecule has 0 atom stereocenters. The lowest BCUT2D eigenvalue weighted by Crippen LogP contribution is -2.10. The van der Waals surface area contributed by atoms with Crippen LogP contribution in [0.2, 0.25) is 0 Å². The van der Waals surface area contributed by atoms with E-state index in [2.05, 4.69) is 29.3 Å². The van der Waals surface area contributed by atoms with Crippen molar-refractivity contribution < 1.29 is 4.58 Å². The zero-order chi connectivity index (χ0) is 7.40. The van der Waals surface area contributed by atoms with Crippen LogP contribution in [0.25, 0.3) is 0 Å². The highest BCUT2D eigenvalue weighted by Gasteiger charge is 2.14. The summed E-state index contributed by atoms with van der Waals surface area (Å²) in [6.45, 7) is 9.33. The second kappa shape index (κ2) is 3.40. The maximum absolute atomic E-state index is 3.71. The fraction of sp³-hybridized carbons (Fsp3) is 0.625. The van der Waals surface area contributed by atoms with Crippen molar-refractivity contribution in [2.24, 2.45) is 0 Å². The standard InChI is InChI=1S/C8H15N2/c1-3-5-10-7-6-9(4-2)8-10/h4,8H,2-3,5-7H2,1H3/q+1. The Morgan fingerprint density at radius 1 is 1.80 bits per heavy atom. The van der Waals surface area contributed by atoms with E-state index < -0.39 is 0 Å². The van der Waals surface area contributed by atoms with Gasteiger partial charge in [-0.25, -0.2) is 4.90 Å². The van der Waals surface area contributed by atoms with Crippen molar-refractivity contribution in [3.63, 3.8) is 0 Å². The minimum absolute atomic E-state index is 1.10. The third-order valence-electron chi connectivity index (χ3n) is 1.70. The van der Waals surface area contributed by atoms with Crippen molar-refractivity contribution in [2.75, 3.05) is 19.6 Å². The van der Waals surface area contributed by atoms with Gasteiger partial charge in [0.1, 0.15) is 13.1 Å². The molecule has 1 heterocycles. The zero-order valence-electron chi connectivity index (χ0n) is 6.58. The summed E-state index contributed by atoms with van der Waals surface area (Å²) in [4.78, 5) is 2.12. The van der Waals surface area contributed by atoms with Crippen LogP contribution in [0, 0.1) is 0 Å². The van der Waals surface area contributed by atoms with Gasteiger partial charge < -0.3 is 0 Å². The molecule has 1 aliphatic rings. The van der Waals surface area contributed by atoms with Gasteiger partial charge in [-0.15, -0.1) is 0 Å². The summed E-state index contributed by atoms with van der Waals surface area (Å²) in [6, 6.07) is 0. The normalized spacial score (nSPS) is 17.3. The Balaban J connectivity index is 2.40. The van der Waals surface area contributed by atoms with Gasteiger partial charge in [0.15, 0.2) is 0 Å². The molecule has 0 amide bonds. The van der Waals surface area contributed by atoms with Crippen LogP contribution in [0.5, 0.6) is 0 Å². The summed E-state index contributed by atoms with van der Waals surface area (Å²) >= 11 is 0. The number of nitrogens with zero attached hydrogens (tertiary/aromatic N) is 2. The van der Waals surface area contributed by atoms with Crippen LogP contribution in [0.1, 0.15) is 13.3 Å². The fourth-order valence-corrected chi connectivity index (χ4v) is 1.16. The average molecular weight is 139 g/mol. The minimum atomic E-state index is 1.10. The van der Waals surface area contributed by atoms with Crippen LogP contribution in [0.3, 0.4) is 0 Å². The molecule has 0 saturated carbocycles. The van der Waals surface area contributed by atoms with Crippen molar-refractivity contribution in [1.29, 1.82) is 0 Å². The highest BCUT2D eigenvalue weighted by molar-refractivity contribution is 5.51. The Hall–Kier alpha value is -0.790. The molecule has 56 valence electrons. The summed E-state index contributed by atoms with van der Waals surface area (Å²) < 4.78 is 2.32. The molecular weight excluding hydrogens is 124 g/mol. The summed E-state index contributed by atoms with van der Waals surface area (Å²) in [5.41, 5.74) is 0. The Bertz CT molecular complexity index is 149. The van der Waals surface area contributed by atoms with Gasteiger partial charge in [-0.2, -0.15) is 0 Å². The maximum Gasteiger partial charge on any atom is 0.239 e. The largest absolute Gasteiger partial charge is 0.264 e. The summed E-state index contributed by atoms with van der Waals surface area (Å²) in [6.07, 6.45) is 5.23. The van der Waals surface area contributed by atoms with E-state index in [0.29, 0.717) is 0 Å². The molecule has 0 unspecified atom stereocenters. The third kappa shape index (κ3) is 1.59. The van der Waals surface area contributed by atoms with Crippen molar-refractivity contribution in [1.82, 2.24) is 4.90 Å². The van der Waals surface area contributed by atoms with E-state index in [0.717, 1.165) is 13.1 Å². The minimum Gasteiger partial charge on any atom is -0.264 e. The monoisotopic (exact) mass is 139 g/mol. The molecule has 2 heteroatoms. The van der Waals surface area contributed by atoms with Gasteiger partial charge in [0.05, 0.1) is 12.7 Å². The maximum atomic E-state index is 3.71. The van der Waals surface area contributed by atoms with Crippen LogP contribution in [0.15, 0.2) is 12.8 Å². The zero-order valence-corrected chi connectivity index (χ0v) is 6.58. The van der Waals surface area contributed by atoms with Gasteiger partial charge in [0.25, 0.3) is 0 Å². The summed E-state index contributed by atoms with van der Waals surface area (Å²) in [5.74, 6) is 0. The van der Waals surface area contributed by atoms with Crippen LogP contribution in [-0.4, -0.2) is 35.4 Å². The molecule has 1 rings (SSSR count). The Morgan fingerprint density at radius 2 is 2.60 bits per heavy atom. The molecule has 0 aromatic carbocycles. The topological polar surface area (TPSA) is 6.25 Å². The lowest BCUT2D eigenvalue weighted by atomic mass is 10.4. The van der Waals surface area contributed by atoms with E-state index in [9.17, 15) is 0 Å². The highest BCUT2D eigenvalue weighted by atomic mass is 15.2. The van der Waals surface area contributed by atoms with E-state index in [4.69, 9.17) is 0 Å². The van der Waals surface area contributed by atoms with E-state index in [1.807, 2.05) is 6.20 Å². The highest BCUT2D eigenvalue weighted by Crippen LogP contribution is 1.94. The first-order valence-electron chi connectivity index (χ1n) is 3.84. The number of hydrogen-bond donors (Lipinski definition) is 0. The molecule has 0 spiro atoms. The van der Waals surface area contributed by atoms with Crippen molar-refractivity contribution >= 4 is 6.34 Å².